The van der Waals surface area contributed by atoms with Crippen LogP contribution in [-0.2, 0) is 5.54 Å². The first-order valence-electron chi connectivity index (χ1n) is 7.66. The van der Waals surface area contributed by atoms with Gasteiger partial charge >= 0.3 is 0 Å². The molecule has 0 N–H and O–H groups in total. The van der Waals surface area contributed by atoms with Gasteiger partial charge in [-0.1, -0.05) is 12.5 Å². The zero-order chi connectivity index (χ0) is 12.5. The molecule has 2 heteroatoms. The number of nitrogens with zero attached hydrogens (tertiary/aromatic N) is 1. The van der Waals surface area contributed by atoms with Gasteiger partial charge in [0.1, 0.15) is 5.54 Å². The monoisotopic (exact) mass is 264 g/mol. The van der Waals surface area contributed by atoms with E-state index in [1.54, 1.807) is 4.88 Å². The van der Waals surface area contributed by atoms with Crippen LogP contribution in [0.1, 0.15) is 56.2 Å². The van der Waals surface area contributed by atoms with E-state index in [0.29, 0.717) is 5.54 Å². The van der Waals surface area contributed by atoms with Gasteiger partial charge in [-0.3, -0.25) is 0 Å². The summed E-state index contributed by atoms with van der Waals surface area (Å²) in [7, 11) is 2.55. The van der Waals surface area contributed by atoms with Crippen LogP contribution < -0.4 is 0 Å². The molecule has 2 fully saturated rings. The van der Waals surface area contributed by atoms with Gasteiger partial charge in [-0.2, -0.15) is 0 Å². The van der Waals surface area contributed by atoms with Crippen LogP contribution in [0.2, 0.25) is 0 Å². The van der Waals surface area contributed by atoms with E-state index < -0.39 is 0 Å². The second-order valence-corrected chi connectivity index (χ2v) is 7.42. The maximum atomic E-state index is 2.55. The third-order valence-electron chi connectivity index (χ3n) is 5.50. The second kappa shape index (κ2) is 4.97. The summed E-state index contributed by atoms with van der Waals surface area (Å²) in [4.78, 5) is 1.67. The van der Waals surface area contributed by atoms with Crippen LogP contribution in [0.15, 0.2) is 17.5 Å². The Morgan fingerprint density at radius 3 is 2.28 bits per heavy atom. The van der Waals surface area contributed by atoms with Gasteiger partial charge in [0.15, 0.2) is 0 Å². The summed E-state index contributed by atoms with van der Waals surface area (Å²) in [5.41, 5.74) is 0.465. The molecule has 0 radical (unpaired) electrons. The first kappa shape index (κ1) is 12.7. The Morgan fingerprint density at radius 2 is 1.67 bits per heavy atom. The fourth-order valence-corrected chi connectivity index (χ4v) is 5.48. The molecule has 0 amide bonds. The quantitative estimate of drug-likeness (QED) is 0.688. The summed E-state index contributed by atoms with van der Waals surface area (Å²) in [5.74, 6) is 0. The predicted molar refractivity (Wildman–Crippen MR) is 78.9 cm³/mol. The average Bonchev–Trinajstić information content (AvgIpc) is 2.94. The molecular formula is C16H26NS+. The first-order chi connectivity index (χ1) is 8.77. The molecule has 0 bridgehead atoms. The van der Waals surface area contributed by atoms with Gasteiger partial charge in [-0.15, -0.1) is 11.3 Å². The number of piperidine rings is 1. The van der Waals surface area contributed by atoms with Crippen molar-refractivity contribution in [3.05, 3.63) is 22.4 Å². The Hall–Kier alpha value is -0.340. The smallest absolute Gasteiger partial charge is 0.134 e. The fourth-order valence-electron chi connectivity index (χ4n) is 4.37. The van der Waals surface area contributed by atoms with Crippen LogP contribution in [0, 0.1) is 0 Å². The van der Waals surface area contributed by atoms with E-state index in [9.17, 15) is 0 Å². The molecule has 2 aliphatic rings. The maximum absolute atomic E-state index is 2.55. The predicted octanol–water partition coefficient (Wildman–Crippen LogP) is 4.54. The Balaban J connectivity index is 1.98. The molecular weight excluding hydrogens is 238 g/mol. The van der Waals surface area contributed by atoms with Crippen LogP contribution in [-0.4, -0.2) is 24.6 Å². The largest absolute Gasteiger partial charge is 0.317 e. The number of likely N-dealkylation sites (tertiary alicyclic amines) is 1. The number of hydrogen-bond acceptors (Lipinski definition) is 1. The Kier molecular flexibility index (Phi) is 3.50. The van der Waals surface area contributed by atoms with Crippen LogP contribution >= 0.6 is 11.3 Å². The Labute approximate surface area is 115 Å². The Morgan fingerprint density at radius 1 is 1.00 bits per heavy atom. The van der Waals surface area contributed by atoms with E-state index in [4.69, 9.17) is 0 Å². The van der Waals surface area contributed by atoms with Gasteiger partial charge in [0.2, 0.25) is 0 Å². The van der Waals surface area contributed by atoms with Crippen LogP contribution in [0.5, 0.6) is 0 Å². The zero-order valence-electron chi connectivity index (χ0n) is 11.7. The van der Waals surface area contributed by atoms with Crippen molar-refractivity contribution in [3.8, 4) is 0 Å². The number of thiophene rings is 1. The fraction of sp³-hybridized carbons (Fsp3) is 0.750. The van der Waals surface area contributed by atoms with Crippen molar-refractivity contribution in [1.82, 2.24) is 0 Å². The van der Waals surface area contributed by atoms with E-state index >= 15 is 0 Å². The lowest BCUT2D eigenvalue weighted by Crippen LogP contribution is -2.62. The van der Waals surface area contributed by atoms with E-state index in [-0.39, 0.29) is 0 Å². The zero-order valence-corrected chi connectivity index (χ0v) is 12.5. The summed E-state index contributed by atoms with van der Waals surface area (Å²) < 4.78 is 1.33. The molecule has 0 aromatic carbocycles. The third kappa shape index (κ3) is 1.94. The van der Waals surface area contributed by atoms with Crippen molar-refractivity contribution in [2.75, 3.05) is 20.1 Å². The number of quaternary nitrogens is 1. The molecule has 1 aromatic heterocycles. The molecule has 3 rings (SSSR count). The van der Waals surface area contributed by atoms with Crippen LogP contribution in [0.3, 0.4) is 0 Å². The second-order valence-electron chi connectivity index (χ2n) is 6.47. The van der Waals surface area contributed by atoms with Crippen molar-refractivity contribution < 1.29 is 4.48 Å². The average molecular weight is 264 g/mol. The summed E-state index contributed by atoms with van der Waals surface area (Å²) in [6, 6.07) is 4.67. The minimum absolute atomic E-state index is 0.465. The van der Waals surface area contributed by atoms with E-state index in [0.717, 1.165) is 0 Å². The van der Waals surface area contributed by atoms with Gasteiger partial charge in [0.25, 0.3) is 0 Å². The van der Waals surface area contributed by atoms with E-state index in [2.05, 4.69) is 24.6 Å². The van der Waals surface area contributed by atoms with Gasteiger partial charge in [0, 0.05) is 12.8 Å². The molecule has 100 valence electrons. The van der Waals surface area contributed by atoms with Gasteiger partial charge in [-0.05, 0) is 43.6 Å². The first-order valence-corrected chi connectivity index (χ1v) is 8.54. The van der Waals surface area contributed by atoms with Crippen LogP contribution in [0.4, 0.5) is 0 Å². The summed E-state index contributed by atoms with van der Waals surface area (Å²) >= 11 is 2.00. The van der Waals surface area contributed by atoms with Gasteiger partial charge < -0.3 is 4.48 Å². The number of hydrogen-bond donors (Lipinski definition) is 0. The molecule has 2 heterocycles. The number of rotatable bonds is 2. The summed E-state index contributed by atoms with van der Waals surface area (Å²) in [6.07, 6.45) is 11.5. The van der Waals surface area contributed by atoms with E-state index in [1.165, 1.54) is 68.9 Å². The minimum Gasteiger partial charge on any atom is -0.317 e. The minimum atomic E-state index is 0.465. The maximum Gasteiger partial charge on any atom is 0.134 e. The third-order valence-corrected chi connectivity index (χ3v) is 6.56. The molecule has 0 unspecified atom stereocenters. The van der Waals surface area contributed by atoms with Gasteiger partial charge in [0.05, 0.1) is 25.0 Å². The SMILES string of the molecule is C[N+]1(C2(c3cccs3)CCCCC2)CCCCC1. The topological polar surface area (TPSA) is 0 Å². The van der Waals surface area contributed by atoms with Gasteiger partial charge in [-0.25, -0.2) is 0 Å². The summed E-state index contributed by atoms with van der Waals surface area (Å²) in [5, 5.41) is 2.28. The molecule has 1 aliphatic heterocycles. The molecule has 1 aliphatic carbocycles. The highest BCUT2D eigenvalue weighted by atomic mass is 32.1. The standard InChI is InChI=1S/C16H26NS/c1-17(12-6-3-7-13-17)16(10-4-2-5-11-16)15-9-8-14-18-15/h8-9,14H,2-7,10-13H2,1H3/q+1. The van der Waals surface area contributed by atoms with E-state index in [1.807, 2.05) is 11.3 Å². The molecule has 1 aromatic rings. The molecule has 1 nitrogen and oxygen atoms in total. The lowest BCUT2D eigenvalue weighted by molar-refractivity contribution is -0.972. The molecule has 18 heavy (non-hydrogen) atoms. The van der Waals surface area contributed by atoms with Crippen molar-refractivity contribution in [2.24, 2.45) is 0 Å². The van der Waals surface area contributed by atoms with Crippen molar-refractivity contribution in [2.45, 2.75) is 56.9 Å². The van der Waals surface area contributed by atoms with Crippen molar-refractivity contribution in [1.29, 1.82) is 0 Å². The molecule has 0 spiro atoms. The molecule has 0 atom stereocenters. The highest BCUT2D eigenvalue weighted by molar-refractivity contribution is 7.10. The molecule has 1 saturated heterocycles. The summed E-state index contributed by atoms with van der Waals surface area (Å²) in [6.45, 7) is 2.80. The lowest BCUT2D eigenvalue weighted by atomic mass is 9.76. The highest BCUT2D eigenvalue weighted by Gasteiger charge is 2.50. The van der Waals surface area contributed by atoms with Crippen molar-refractivity contribution >= 4 is 11.3 Å². The highest BCUT2D eigenvalue weighted by Crippen LogP contribution is 2.48. The molecule has 1 saturated carbocycles. The Bertz CT molecular complexity index is 370. The lowest BCUT2D eigenvalue weighted by Gasteiger charge is -2.54. The van der Waals surface area contributed by atoms with Crippen LogP contribution in [0.25, 0.3) is 0 Å². The van der Waals surface area contributed by atoms with Crippen molar-refractivity contribution in [3.63, 3.8) is 0 Å². The normalized spacial score (nSPS) is 26.9.